The Morgan fingerprint density at radius 2 is 1.97 bits per heavy atom. The van der Waals surface area contributed by atoms with Gasteiger partial charge in [0.25, 0.3) is 0 Å². The van der Waals surface area contributed by atoms with Crippen LogP contribution in [0.25, 0.3) is 10.9 Å². The maximum absolute atomic E-state index is 14.4. The number of aromatic carboxylic acids is 1. The number of rotatable bonds is 6. The van der Waals surface area contributed by atoms with E-state index in [0.717, 1.165) is 18.9 Å². The average molecular weight is 411 g/mol. The topological polar surface area (TPSA) is 110 Å². The number of carboxylic acids is 1. The highest BCUT2D eigenvalue weighted by Gasteiger charge is 2.23. The van der Waals surface area contributed by atoms with Gasteiger partial charge in [-0.1, -0.05) is 0 Å². The number of amides is 2. The summed E-state index contributed by atoms with van der Waals surface area (Å²) in [6.07, 6.45) is 3.35. The Bertz CT molecular complexity index is 1150. The lowest BCUT2D eigenvalue weighted by Crippen LogP contribution is -2.30. The van der Waals surface area contributed by atoms with Crippen LogP contribution in [0.5, 0.6) is 17.2 Å². The van der Waals surface area contributed by atoms with Crippen molar-refractivity contribution < 1.29 is 28.6 Å². The Labute approximate surface area is 170 Å². The number of hydrogen-bond donors (Lipinski definition) is 3. The summed E-state index contributed by atoms with van der Waals surface area (Å²) >= 11 is 0. The number of nitrogens with zero attached hydrogens (tertiary/aromatic N) is 1. The van der Waals surface area contributed by atoms with E-state index in [2.05, 4.69) is 15.6 Å². The number of fused-ring (bicyclic) bond motifs is 1. The molecule has 0 aliphatic heterocycles. The standard InChI is InChI=1S/C21H18FN3O5/c1-29-19-10-17-13(9-14(19)20(26)27)18(6-7-23-17)30-12-4-5-16(15(22)8-12)25-21(28)24-11-2-3-11/h4-11H,2-3H2,1H3,(H,26,27)(H2,24,25,28). The SMILES string of the molecule is COc1cc2nccc(Oc3ccc(NC(=O)NC4CC4)c(F)c3)c2cc1C(=O)O. The van der Waals surface area contributed by atoms with Gasteiger partial charge >= 0.3 is 12.0 Å². The lowest BCUT2D eigenvalue weighted by molar-refractivity contribution is 0.0693. The van der Waals surface area contributed by atoms with Crippen LogP contribution in [0.3, 0.4) is 0 Å². The van der Waals surface area contributed by atoms with E-state index in [9.17, 15) is 19.1 Å². The van der Waals surface area contributed by atoms with Crippen LogP contribution < -0.4 is 20.1 Å². The number of urea groups is 1. The van der Waals surface area contributed by atoms with E-state index in [1.807, 2.05) is 0 Å². The summed E-state index contributed by atoms with van der Waals surface area (Å²) in [5.41, 5.74) is 0.443. The second-order valence-corrected chi connectivity index (χ2v) is 6.80. The molecule has 2 amide bonds. The molecular formula is C21H18FN3O5. The number of hydrogen-bond acceptors (Lipinski definition) is 5. The summed E-state index contributed by atoms with van der Waals surface area (Å²) in [6, 6.07) is 8.18. The average Bonchev–Trinajstić information content (AvgIpc) is 3.53. The van der Waals surface area contributed by atoms with Crippen LogP contribution >= 0.6 is 0 Å². The van der Waals surface area contributed by atoms with E-state index in [0.29, 0.717) is 16.7 Å². The molecule has 0 spiro atoms. The van der Waals surface area contributed by atoms with Gasteiger partial charge in [-0.3, -0.25) is 4.98 Å². The van der Waals surface area contributed by atoms with E-state index in [1.165, 1.54) is 37.6 Å². The van der Waals surface area contributed by atoms with Crippen molar-refractivity contribution in [3.63, 3.8) is 0 Å². The normalized spacial score (nSPS) is 13.0. The van der Waals surface area contributed by atoms with E-state index < -0.39 is 17.8 Å². The Hall–Kier alpha value is -3.88. The minimum atomic E-state index is -1.16. The first-order valence-corrected chi connectivity index (χ1v) is 9.19. The highest BCUT2D eigenvalue weighted by molar-refractivity contribution is 5.98. The summed E-state index contributed by atoms with van der Waals surface area (Å²) in [5.74, 6) is -1.16. The summed E-state index contributed by atoms with van der Waals surface area (Å²) < 4.78 is 25.3. The summed E-state index contributed by atoms with van der Waals surface area (Å²) in [6.45, 7) is 0. The van der Waals surface area contributed by atoms with Gasteiger partial charge in [0.2, 0.25) is 0 Å². The number of anilines is 1. The highest BCUT2D eigenvalue weighted by Crippen LogP contribution is 2.34. The van der Waals surface area contributed by atoms with Crippen molar-refractivity contribution in [1.82, 2.24) is 10.3 Å². The van der Waals surface area contributed by atoms with E-state index in [4.69, 9.17) is 9.47 Å². The van der Waals surface area contributed by atoms with Crippen LogP contribution in [0, 0.1) is 5.82 Å². The van der Waals surface area contributed by atoms with Gasteiger partial charge in [0, 0.05) is 29.8 Å². The molecule has 1 heterocycles. The van der Waals surface area contributed by atoms with Crippen molar-refractivity contribution in [2.75, 3.05) is 12.4 Å². The van der Waals surface area contributed by atoms with E-state index in [1.54, 1.807) is 6.07 Å². The summed E-state index contributed by atoms with van der Waals surface area (Å²) in [4.78, 5) is 27.5. The van der Waals surface area contributed by atoms with Crippen LogP contribution in [0.15, 0.2) is 42.6 Å². The van der Waals surface area contributed by atoms with Gasteiger partial charge < -0.3 is 25.2 Å². The maximum Gasteiger partial charge on any atom is 0.339 e. The Kier molecular flexibility index (Phi) is 5.09. The number of carboxylic acid groups (broad SMARTS) is 1. The molecule has 8 nitrogen and oxygen atoms in total. The fourth-order valence-electron chi connectivity index (χ4n) is 2.93. The van der Waals surface area contributed by atoms with Gasteiger partial charge in [-0.25, -0.2) is 14.0 Å². The van der Waals surface area contributed by atoms with Gasteiger partial charge in [-0.15, -0.1) is 0 Å². The molecule has 1 fully saturated rings. The molecule has 4 rings (SSSR count). The predicted molar refractivity (Wildman–Crippen MR) is 107 cm³/mol. The smallest absolute Gasteiger partial charge is 0.339 e. The third-order valence-electron chi connectivity index (χ3n) is 4.58. The van der Waals surface area contributed by atoms with Gasteiger partial charge in [-0.05, 0) is 37.1 Å². The lowest BCUT2D eigenvalue weighted by atomic mass is 10.1. The first-order valence-electron chi connectivity index (χ1n) is 9.19. The van der Waals surface area contributed by atoms with Crippen LogP contribution in [0.1, 0.15) is 23.2 Å². The van der Waals surface area contributed by atoms with Gasteiger partial charge in [-0.2, -0.15) is 0 Å². The van der Waals surface area contributed by atoms with E-state index in [-0.39, 0.29) is 28.8 Å². The Morgan fingerprint density at radius 3 is 2.63 bits per heavy atom. The van der Waals surface area contributed by atoms with Crippen LogP contribution in [-0.4, -0.2) is 35.2 Å². The quantitative estimate of drug-likeness (QED) is 0.562. The van der Waals surface area contributed by atoms with Crippen molar-refractivity contribution in [2.45, 2.75) is 18.9 Å². The first-order chi connectivity index (χ1) is 14.4. The first kappa shape index (κ1) is 19.4. The van der Waals surface area contributed by atoms with Crippen molar-refractivity contribution in [2.24, 2.45) is 0 Å². The van der Waals surface area contributed by atoms with Crippen molar-refractivity contribution in [3.8, 4) is 17.2 Å². The predicted octanol–water partition coefficient (Wildman–Crippen LogP) is 4.16. The molecule has 2 aromatic carbocycles. The summed E-state index contributed by atoms with van der Waals surface area (Å²) in [5, 5.41) is 15.0. The molecule has 3 aromatic rings. The zero-order chi connectivity index (χ0) is 21.3. The van der Waals surface area contributed by atoms with Crippen LogP contribution in [0.4, 0.5) is 14.9 Å². The Balaban J connectivity index is 1.60. The number of carbonyl (C=O) groups is 2. The third-order valence-corrected chi connectivity index (χ3v) is 4.58. The van der Waals surface area contributed by atoms with Crippen LogP contribution in [-0.2, 0) is 0 Å². The number of benzene rings is 2. The fourth-order valence-corrected chi connectivity index (χ4v) is 2.93. The molecule has 0 unspecified atom stereocenters. The number of aromatic nitrogens is 1. The molecular weight excluding hydrogens is 393 g/mol. The molecule has 1 aromatic heterocycles. The highest BCUT2D eigenvalue weighted by atomic mass is 19.1. The number of nitrogens with one attached hydrogen (secondary N) is 2. The van der Waals surface area contributed by atoms with E-state index >= 15 is 0 Å². The zero-order valence-corrected chi connectivity index (χ0v) is 15.9. The minimum absolute atomic E-state index is 0.0259. The second-order valence-electron chi connectivity index (χ2n) is 6.80. The molecule has 30 heavy (non-hydrogen) atoms. The van der Waals surface area contributed by atoms with Gasteiger partial charge in [0.1, 0.15) is 28.6 Å². The molecule has 0 atom stereocenters. The molecule has 0 saturated heterocycles. The van der Waals surface area contributed by atoms with Crippen LogP contribution in [0.2, 0.25) is 0 Å². The number of methoxy groups -OCH3 is 1. The molecule has 154 valence electrons. The second kappa shape index (κ2) is 7.86. The minimum Gasteiger partial charge on any atom is -0.496 e. The van der Waals surface area contributed by atoms with Crippen molar-refractivity contribution >= 4 is 28.6 Å². The Morgan fingerprint density at radius 1 is 1.17 bits per heavy atom. The maximum atomic E-state index is 14.4. The molecule has 9 heteroatoms. The number of pyridine rings is 1. The fraction of sp³-hybridized carbons (Fsp3) is 0.190. The lowest BCUT2D eigenvalue weighted by Gasteiger charge is -2.12. The number of carbonyl (C=O) groups excluding carboxylic acids is 1. The molecule has 3 N–H and O–H groups in total. The monoisotopic (exact) mass is 411 g/mol. The third kappa shape index (κ3) is 4.09. The number of ether oxygens (including phenoxy) is 2. The van der Waals surface area contributed by atoms with Crippen molar-refractivity contribution in [3.05, 3.63) is 54.0 Å². The molecule has 0 bridgehead atoms. The van der Waals surface area contributed by atoms with Crippen molar-refractivity contribution in [1.29, 1.82) is 0 Å². The number of halogens is 1. The molecule has 1 aliphatic carbocycles. The van der Waals surface area contributed by atoms with Gasteiger partial charge in [0.15, 0.2) is 0 Å². The summed E-state index contributed by atoms with van der Waals surface area (Å²) in [7, 11) is 1.37. The largest absolute Gasteiger partial charge is 0.496 e. The van der Waals surface area contributed by atoms with Gasteiger partial charge in [0.05, 0.1) is 18.3 Å². The molecule has 0 radical (unpaired) electrons. The molecule has 1 saturated carbocycles. The molecule has 1 aliphatic rings. The zero-order valence-electron chi connectivity index (χ0n) is 15.9.